The molecule has 21 heavy (non-hydrogen) atoms. The molecule has 0 spiro atoms. The van der Waals surface area contributed by atoms with Crippen LogP contribution in [0.1, 0.15) is 25.0 Å². The molecule has 2 N–H and O–H groups in total. The molecule has 0 aliphatic heterocycles. The first kappa shape index (κ1) is 18.4. The predicted octanol–water partition coefficient (Wildman–Crippen LogP) is 2.27. The monoisotopic (exact) mass is 334 g/mol. The average Bonchev–Trinajstić information content (AvgIpc) is 2.39. The zero-order valence-corrected chi connectivity index (χ0v) is 14.5. The van der Waals surface area contributed by atoms with Gasteiger partial charge in [0.2, 0.25) is 10.0 Å². The van der Waals surface area contributed by atoms with E-state index in [0.29, 0.717) is 30.0 Å². The first-order chi connectivity index (χ1) is 9.81. The van der Waals surface area contributed by atoms with Gasteiger partial charge in [-0.2, -0.15) is 11.8 Å². The summed E-state index contributed by atoms with van der Waals surface area (Å²) in [7, 11) is -3.63. The van der Waals surface area contributed by atoms with Gasteiger partial charge in [0.05, 0.1) is 4.90 Å². The van der Waals surface area contributed by atoms with Crippen molar-refractivity contribution in [2.24, 2.45) is 0 Å². The van der Waals surface area contributed by atoms with Gasteiger partial charge in [-0.1, -0.05) is 6.92 Å². The molecule has 0 aliphatic rings. The molecule has 4 nitrogen and oxygen atoms in total. The molecule has 120 valence electrons. The van der Waals surface area contributed by atoms with Gasteiger partial charge in [-0.25, -0.2) is 17.5 Å². The molecule has 0 fully saturated rings. The second-order valence-electron chi connectivity index (χ2n) is 4.97. The molecule has 1 aromatic rings. The summed E-state index contributed by atoms with van der Waals surface area (Å²) in [6.07, 6.45) is 1.92. The minimum absolute atomic E-state index is 0.113. The van der Waals surface area contributed by atoms with Crippen LogP contribution < -0.4 is 10.0 Å². The number of halogens is 1. The fourth-order valence-corrected chi connectivity index (χ4v) is 4.03. The number of hydrogen-bond acceptors (Lipinski definition) is 4. The third-order valence-electron chi connectivity index (χ3n) is 2.95. The van der Waals surface area contributed by atoms with Gasteiger partial charge in [0.15, 0.2) is 0 Å². The molecule has 0 bridgehead atoms. The van der Waals surface area contributed by atoms with E-state index in [1.807, 2.05) is 20.1 Å². The van der Waals surface area contributed by atoms with Gasteiger partial charge in [-0.15, -0.1) is 0 Å². The summed E-state index contributed by atoms with van der Waals surface area (Å²) in [5.74, 6) is 0.330. The van der Waals surface area contributed by atoms with Crippen molar-refractivity contribution in [3.63, 3.8) is 0 Å². The molecule has 1 unspecified atom stereocenters. The lowest BCUT2D eigenvalue weighted by atomic mass is 10.1. The summed E-state index contributed by atoms with van der Waals surface area (Å²) in [4.78, 5) is 0.113. The van der Waals surface area contributed by atoms with Crippen LogP contribution in [0.3, 0.4) is 0 Å². The van der Waals surface area contributed by atoms with Gasteiger partial charge < -0.3 is 5.32 Å². The smallest absolute Gasteiger partial charge is 0.240 e. The topological polar surface area (TPSA) is 58.2 Å². The highest BCUT2D eigenvalue weighted by atomic mass is 32.2. The highest BCUT2D eigenvalue weighted by Gasteiger charge is 2.20. The van der Waals surface area contributed by atoms with Gasteiger partial charge >= 0.3 is 0 Å². The second-order valence-corrected chi connectivity index (χ2v) is 7.60. The zero-order valence-electron chi connectivity index (χ0n) is 12.9. The van der Waals surface area contributed by atoms with Crippen LogP contribution in [0, 0.1) is 12.7 Å². The Morgan fingerprint density at radius 2 is 2.05 bits per heavy atom. The van der Waals surface area contributed by atoms with Crippen LogP contribution in [0.15, 0.2) is 17.0 Å². The Morgan fingerprint density at radius 1 is 1.38 bits per heavy atom. The van der Waals surface area contributed by atoms with Crippen molar-refractivity contribution in [1.82, 2.24) is 10.0 Å². The number of hydrogen-bond donors (Lipinski definition) is 2. The first-order valence-corrected chi connectivity index (χ1v) is 9.70. The molecule has 1 atom stereocenters. The summed E-state index contributed by atoms with van der Waals surface area (Å²) < 4.78 is 41.3. The van der Waals surface area contributed by atoms with Crippen LogP contribution in [0.4, 0.5) is 4.39 Å². The summed E-state index contributed by atoms with van der Waals surface area (Å²) in [5, 5.41) is 3.01. The van der Waals surface area contributed by atoms with E-state index in [4.69, 9.17) is 0 Å². The van der Waals surface area contributed by atoms with E-state index in [1.165, 1.54) is 12.1 Å². The largest absolute Gasteiger partial charge is 0.313 e. The van der Waals surface area contributed by atoms with Gasteiger partial charge in [0, 0.05) is 23.9 Å². The van der Waals surface area contributed by atoms with Crippen molar-refractivity contribution in [1.29, 1.82) is 0 Å². The third kappa shape index (κ3) is 5.25. The van der Waals surface area contributed by atoms with E-state index in [1.54, 1.807) is 18.7 Å². The van der Waals surface area contributed by atoms with Crippen molar-refractivity contribution in [3.8, 4) is 0 Å². The molecule has 7 heteroatoms. The van der Waals surface area contributed by atoms with Gasteiger partial charge in [-0.05, 0) is 44.3 Å². The Labute approximate surface area is 131 Å². The lowest BCUT2D eigenvalue weighted by Crippen LogP contribution is -2.34. The minimum Gasteiger partial charge on any atom is -0.313 e. The summed E-state index contributed by atoms with van der Waals surface area (Å²) in [6, 6.07) is 2.60. The van der Waals surface area contributed by atoms with Crippen LogP contribution in [0.25, 0.3) is 0 Å². The predicted molar refractivity (Wildman–Crippen MR) is 86.7 cm³/mol. The molecule has 0 heterocycles. The Hall–Kier alpha value is -0.630. The maximum Gasteiger partial charge on any atom is 0.240 e. The van der Waals surface area contributed by atoms with Crippen molar-refractivity contribution in [2.75, 3.05) is 18.6 Å². The van der Waals surface area contributed by atoms with E-state index in [2.05, 4.69) is 10.0 Å². The van der Waals surface area contributed by atoms with Crippen LogP contribution in [0.2, 0.25) is 0 Å². The number of aryl methyl sites for hydroxylation is 1. The van der Waals surface area contributed by atoms with Crippen LogP contribution in [0.5, 0.6) is 0 Å². The quantitative estimate of drug-likeness (QED) is 0.766. The Balaban J connectivity index is 3.09. The third-order valence-corrected chi connectivity index (χ3v) is 5.35. The average molecular weight is 334 g/mol. The minimum atomic E-state index is -3.63. The van der Waals surface area contributed by atoms with E-state index in [9.17, 15) is 12.8 Å². The fourth-order valence-electron chi connectivity index (χ4n) is 1.97. The number of thioether (sulfide) groups is 1. The molecule has 0 amide bonds. The lowest BCUT2D eigenvalue weighted by molar-refractivity contribution is 0.566. The van der Waals surface area contributed by atoms with Crippen molar-refractivity contribution in [3.05, 3.63) is 29.1 Å². The van der Waals surface area contributed by atoms with Crippen LogP contribution >= 0.6 is 11.8 Å². The highest BCUT2D eigenvalue weighted by molar-refractivity contribution is 7.98. The van der Waals surface area contributed by atoms with Crippen molar-refractivity contribution < 1.29 is 12.8 Å². The Morgan fingerprint density at radius 3 is 2.62 bits per heavy atom. The van der Waals surface area contributed by atoms with Crippen molar-refractivity contribution in [2.45, 2.75) is 38.3 Å². The van der Waals surface area contributed by atoms with Crippen LogP contribution in [-0.2, 0) is 16.6 Å². The zero-order chi connectivity index (χ0) is 16.0. The van der Waals surface area contributed by atoms with E-state index < -0.39 is 10.0 Å². The summed E-state index contributed by atoms with van der Waals surface area (Å²) in [5.41, 5.74) is 0.707. The normalized spacial score (nSPS) is 13.4. The van der Waals surface area contributed by atoms with Gasteiger partial charge in [-0.3, -0.25) is 0 Å². The number of rotatable bonds is 8. The van der Waals surface area contributed by atoms with Crippen LogP contribution in [-0.4, -0.2) is 33.0 Å². The summed E-state index contributed by atoms with van der Waals surface area (Å²) >= 11 is 1.57. The van der Waals surface area contributed by atoms with E-state index in [0.717, 1.165) is 0 Å². The number of sulfonamides is 1. The molecular weight excluding hydrogens is 311 g/mol. The standard InChI is InChI=1S/C14H23FN2O2S2/c1-5-16-8-12-7-13(6-10(2)14(12)15)21(18,19)17-11(3)9-20-4/h6-7,11,16-17H,5,8-9H2,1-4H3. The SMILES string of the molecule is CCNCc1cc(S(=O)(=O)NC(C)CSC)cc(C)c1F. The molecule has 1 aromatic carbocycles. The maximum atomic E-state index is 14.0. The van der Waals surface area contributed by atoms with Gasteiger partial charge in [0.25, 0.3) is 0 Å². The highest BCUT2D eigenvalue weighted by Crippen LogP contribution is 2.19. The molecule has 0 saturated carbocycles. The molecule has 0 aliphatic carbocycles. The Kier molecular flexibility index (Phi) is 7.12. The maximum absolute atomic E-state index is 14.0. The molecular formula is C14H23FN2O2S2. The number of nitrogens with one attached hydrogen (secondary N) is 2. The van der Waals surface area contributed by atoms with E-state index >= 15 is 0 Å². The summed E-state index contributed by atoms with van der Waals surface area (Å²) in [6.45, 7) is 6.31. The van der Waals surface area contributed by atoms with E-state index in [-0.39, 0.29) is 16.8 Å². The Bertz CT molecular complexity index is 577. The molecule has 0 aromatic heterocycles. The van der Waals surface area contributed by atoms with Crippen molar-refractivity contribution >= 4 is 21.8 Å². The first-order valence-electron chi connectivity index (χ1n) is 6.82. The number of benzene rings is 1. The molecule has 0 radical (unpaired) electrons. The van der Waals surface area contributed by atoms with Gasteiger partial charge in [0.1, 0.15) is 5.82 Å². The molecule has 0 saturated heterocycles. The molecule has 1 rings (SSSR count). The lowest BCUT2D eigenvalue weighted by Gasteiger charge is -2.15. The second kappa shape index (κ2) is 8.12. The fraction of sp³-hybridized carbons (Fsp3) is 0.571.